The SMILES string of the molecule is c1ccc(-c2ccc([C@@H]3CCCN(CC4CCNC4)C3)cc2)cc1. The van der Waals surface area contributed by atoms with Crippen molar-refractivity contribution in [2.75, 3.05) is 32.7 Å². The fraction of sp³-hybridized carbons (Fsp3) is 0.455. The molecule has 2 heteroatoms. The third kappa shape index (κ3) is 3.71. The Balaban J connectivity index is 1.41. The van der Waals surface area contributed by atoms with Gasteiger partial charge in [-0.3, -0.25) is 0 Å². The monoisotopic (exact) mass is 320 g/mol. The highest BCUT2D eigenvalue weighted by Gasteiger charge is 2.24. The van der Waals surface area contributed by atoms with Crippen LogP contribution < -0.4 is 5.32 Å². The molecule has 4 rings (SSSR count). The molecule has 126 valence electrons. The van der Waals surface area contributed by atoms with Crippen LogP contribution in [0.3, 0.4) is 0 Å². The first-order chi connectivity index (χ1) is 11.9. The highest BCUT2D eigenvalue weighted by Crippen LogP contribution is 2.29. The van der Waals surface area contributed by atoms with Crippen molar-refractivity contribution in [2.45, 2.75) is 25.2 Å². The fourth-order valence-electron chi connectivity index (χ4n) is 4.31. The van der Waals surface area contributed by atoms with Crippen LogP contribution in [-0.2, 0) is 0 Å². The number of piperidine rings is 1. The summed E-state index contributed by atoms with van der Waals surface area (Å²) in [6.07, 6.45) is 4.03. The van der Waals surface area contributed by atoms with E-state index in [1.807, 2.05) is 0 Å². The van der Waals surface area contributed by atoms with Gasteiger partial charge in [-0.2, -0.15) is 0 Å². The van der Waals surface area contributed by atoms with Crippen LogP contribution in [0.5, 0.6) is 0 Å². The summed E-state index contributed by atoms with van der Waals surface area (Å²) in [4.78, 5) is 2.71. The van der Waals surface area contributed by atoms with Gasteiger partial charge in [-0.1, -0.05) is 54.6 Å². The molecule has 0 saturated carbocycles. The zero-order valence-corrected chi connectivity index (χ0v) is 14.5. The van der Waals surface area contributed by atoms with E-state index in [4.69, 9.17) is 0 Å². The van der Waals surface area contributed by atoms with Crippen molar-refractivity contribution >= 4 is 0 Å². The van der Waals surface area contributed by atoms with Gasteiger partial charge in [0.2, 0.25) is 0 Å². The average Bonchev–Trinajstić information content (AvgIpc) is 3.16. The van der Waals surface area contributed by atoms with Crippen LogP contribution in [0.2, 0.25) is 0 Å². The number of nitrogens with zero attached hydrogens (tertiary/aromatic N) is 1. The van der Waals surface area contributed by atoms with Crippen molar-refractivity contribution < 1.29 is 0 Å². The second-order valence-corrected chi connectivity index (χ2v) is 7.45. The minimum atomic E-state index is 0.706. The summed E-state index contributed by atoms with van der Waals surface area (Å²) in [6, 6.07) is 20.0. The van der Waals surface area contributed by atoms with E-state index in [1.165, 1.54) is 68.7 Å². The van der Waals surface area contributed by atoms with Crippen LogP contribution >= 0.6 is 0 Å². The Morgan fingerprint density at radius 2 is 1.71 bits per heavy atom. The molecule has 0 aromatic heterocycles. The summed E-state index contributed by atoms with van der Waals surface area (Å²) in [6.45, 7) is 6.23. The normalized spacial score (nSPS) is 25.0. The maximum absolute atomic E-state index is 3.50. The first-order valence-corrected chi connectivity index (χ1v) is 9.47. The van der Waals surface area contributed by atoms with E-state index >= 15 is 0 Å². The molecule has 1 N–H and O–H groups in total. The topological polar surface area (TPSA) is 15.3 Å². The highest BCUT2D eigenvalue weighted by atomic mass is 15.1. The maximum Gasteiger partial charge on any atom is 0.00504 e. The minimum absolute atomic E-state index is 0.706. The summed E-state index contributed by atoms with van der Waals surface area (Å²) in [5.74, 6) is 1.57. The smallest absolute Gasteiger partial charge is 0.00504 e. The molecule has 2 saturated heterocycles. The largest absolute Gasteiger partial charge is 0.316 e. The number of benzene rings is 2. The summed E-state index contributed by atoms with van der Waals surface area (Å²) in [5.41, 5.74) is 4.15. The lowest BCUT2D eigenvalue weighted by atomic mass is 9.89. The standard InChI is InChI=1S/C22H28N2/c1-2-5-19(6-3-1)20-8-10-21(11-9-20)22-7-4-14-24(17-22)16-18-12-13-23-15-18/h1-3,5-6,8-11,18,22-23H,4,7,12-17H2/t18?,22-/m1/s1. The van der Waals surface area contributed by atoms with Crippen molar-refractivity contribution in [3.8, 4) is 11.1 Å². The molecule has 24 heavy (non-hydrogen) atoms. The van der Waals surface area contributed by atoms with E-state index in [2.05, 4.69) is 64.8 Å². The summed E-state index contributed by atoms with van der Waals surface area (Å²) in [5, 5.41) is 3.50. The Bertz CT molecular complexity index is 629. The molecule has 2 fully saturated rings. The quantitative estimate of drug-likeness (QED) is 0.911. The molecule has 0 amide bonds. The third-order valence-corrected chi connectivity index (χ3v) is 5.67. The Hall–Kier alpha value is -1.64. The zero-order valence-electron chi connectivity index (χ0n) is 14.5. The van der Waals surface area contributed by atoms with E-state index < -0.39 is 0 Å². The molecule has 1 unspecified atom stereocenters. The van der Waals surface area contributed by atoms with Crippen molar-refractivity contribution in [1.29, 1.82) is 0 Å². The van der Waals surface area contributed by atoms with Gasteiger partial charge in [0.15, 0.2) is 0 Å². The number of nitrogens with one attached hydrogen (secondary N) is 1. The average molecular weight is 320 g/mol. The lowest BCUT2D eigenvalue weighted by molar-refractivity contribution is 0.183. The van der Waals surface area contributed by atoms with E-state index in [0.717, 1.165) is 5.92 Å². The van der Waals surface area contributed by atoms with E-state index in [1.54, 1.807) is 0 Å². The molecule has 0 spiro atoms. The second-order valence-electron chi connectivity index (χ2n) is 7.45. The van der Waals surface area contributed by atoms with Gasteiger partial charge in [0.25, 0.3) is 0 Å². The molecule has 2 aliphatic heterocycles. The molecule has 0 aliphatic carbocycles. The van der Waals surface area contributed by atoms with E-state index in [-0.39, 0.29) is 0 Å². The van der Waals surface area contributed by atoms with Gasteiger partial charge >= 0.3 is 0 Å². The molecular weight excluding hydrogens is 292 g/mol. The highest BCUT2D eigenvalue weighted by molar-refractivity contribution is 5.63. The van der Waals surface area contributed by atoms with Crippen molar-refractivity contribution in [3.05, 3.63) is 60.2 Å². The van der Waals surface area contributed by atoms with Gasteiger partial charge in [-0.25, -0.2) is 0 Å². The number of hydrogen-bond donors (Lipinski definition) is 1. The molecule has 0 bridgehead atoms. The molecule has 2 aromatic rings. The predicted octanol–water partition coefficient (Wildman–Crippen LogP) is 4.14. The second kappa shape index (κ2) is 7.50. The van der Waals surface area contributed by atoms with Gasteiger partial charge < -0.3 is 10.2 Å². The Morgan fingerprint density at radius 1 is 0.917 bits per heavy atom. The number of likely N-dealkylation sites (tertiary alicyclic amines) is 1. The maximum atomic E-state index is 3.50. The summed E-state index contributed by atoms with van der Waals surface area (Å²) < 4.78 is 0. The van der Waals surface area contributed by atoms with Crippen LogP contribution in [-0.4, -0.2) is 37.6 Å². The molecule has 2 nitrogen and oxygen atoms in total. The Morgan fingerprint density at radius 3 is 2.46 bits per heavy atom. The molecule has 2 aromatic carbocycles. The Labute approximate surface area is 145 Å². The molecule has 2 heterocycles. The third-order valence-electron chi connectivity index (χ3n) is 5.67. The lowest BCUT2D eigenvalue weighted by Crippen LogP contribution is -2.38. The lowest BCUT2D eigenvalue weighted by Gasteiger charge is -2.34. The van der Waals surface area contributed by atoms with Crippen LogP contribution in [0.4, 0.5) is 0 Å². The number of rotatable bonds is 4. The molecule has 2 aliphatic rings. The van der Waals surface area contributed by atoms with Crippen molar-refractivity contribution in [1.82, 2.24) is 10.2 Å². The first-order valence-electron chi connectivity index (χ1n) is 9.47. The summed E-state index contributed by atoms with van der Waals surface area (Å²) in [7, 11) is 0. The Kier molecular flexibility index (Phi) is 4.96. The number of hydrogen-bond acceptors (Lipinski definition) is 2. The van der Waals surface area contributed by atoms with Crippen LogP contribution in [0.1, 0.15) is 30.7 Å². The molecule has 2 atom stereocenters. The van der Waals surface area contributed by atoms with Gasteiger partial charge in [-0.15, -0.1) is 0 Å². The van der Waals surface area contributed by atoms with Gasteiger partial charge in [0, 0.05) is 13.1 Å². The first kappa shape index (κ1) is 15.9. The van der Waals surface area contributed by atoms with Crippen molar-refractivity contribution in [3.63, 3.8) is 0 Å². The predicted molar refractivity (Wildman–Crippen MR) is 101 cm³/mol. The van der Waals surface area contributed by atoms with Crippen LogP contribution in [0.25, 0.3) is 11.1 Å². The van der Waals surface area contributed by atoms with Crippen molar-refractivity contribution in [2.24, 2.45) is 5.92 Å². The molecular formula is C22H28N2. The van der Waals surface area contributed by atoms with Crippen LogP contribution in [0, 0.1) is 5.92 Å². The van der Waals surface area contributed by atoms with E-state index in [0.29, 0.717) is 5.92 Å². The van der Waals surface area contributed by atoms with Gasteiger partial charge in [0.05, 0.1) is 0 Å². The van der Waals surface area contributed by atoms with E-state index in [9.17, 15) is 0 Å². The molecule has 0 radical (unpaired) electrons. The minimum Gasteiger partial charge on any atom is -0.316 e. The van der Waals surface area contributed by atoms with Gasteiger partial charge in [0.1, 0.15) is 0 Å². The summed E-state index contributed by atoms with van der Waals surface area (Å²) >= 11 is 0. The van der Waals surface area contributed by atoms with Gasteiger partial charge in [-0.05, 0) is 67.4 Å². The van der Waals surface area contributed by atoms with Crippen LogP contribution in [0.15, 0.2) is 54.6 Å². The zero-order chi connectivity index (χ0) is 16.2. The fourth-order valence-corrected chi connectivity index (χ4v) is 4.31.